The van der Waals surface area contributed by atoms with Crippen molar-refractivity contribution in [2.24, 2.45) is 0 Å². The van der Waals surface area contributed by atoms with Crippen LogP contribution >= 0.6 is 0 Å². The number of benzene rings is 2. The van der Waals surface area contributed by atoms with E-state index in [0.717, 1.165) is 11.3 Å². The van der Waals surface area contributed by atoms with Crippen LogP contribution in [0.1, 0.15) is 67.3 Å². The van der Waals surface area contributed by atoms with Gasteiger partial charge in [-0.3, -0.25) is 0 Å². The molecule has 2 bridgehead atoms. The largest absolute Gasteiger partial charge is 0.462 e. The molecule has 2 nitrogen and oxygen atoms in total. The molecule has 6 rings (SSSR count). The van der Waals surface area contributed by atoms with Crippen molar-refractivity contribution in [1.29, 1.82) is 0 Å². The summed E-state index contributed by atoms with van der Waals surface area (Å²) in [6, 6.07) is 9.23. The molecule has 1 fully saturated rings. The number of hydrogen-bond acceptors (Lipinski definition) is 2. The highest BCUT2D eigenvalue weighted by Crippen LogP contribution is 2.57. The Morgan fingerprint density at radius 3 is 1.96 bits per heavy atom. The van der Waals surface area contributed by atoms with Crippen molar-refractivity contribution in [2.45, 2.75) is 71.1 Å². The van der Waals surface area contributed by atoms with Crippen LogP contribution in [0.5, 0.6) is 0 Å². The van der Waals surface area contributed by atoms with E-state index in [0.29, 0.717) is 10.8 Å². The van der Waals surface area contributed by atoms with Crippen LogP contribution in [0.3, 0.4) is 0 Å². The molecule has 140 valence electrons. The van der Waals surface area contributed by atoms with Gasteiger partial charge in [0.2, 0.25) is 0 Å². The summed E-state index contributed by atoms with van der Waals surface area (Å²) in [5.41, 5.74) is 10.9. The minimum Gasteiger partial charge on any atom is -0.462 e. The van der Waals surface area contributed by atoms with Crippen molar-refractivity contribution < 1.29 is 4.42 Å². The summed E-state index contributed by atoms with van der Waals surface area (Å²) in [5, 5.41) is 4.88. The van der Waals surface area contributed by atoms with Crippen molar-refractivity contribution >= 4 is 22.3 Å². The summed E-state index contributed by atoms with van der Waals surface area (Å²) >= 11 is 0. The van der Waals surface area contributed by atoms with Crippen LogP contribution in [0.15, 0.2) is 34.9 Å². The molecule has 1 N–H and O–H groups in total. The number of anilines is 2. The summed E-state index contributed by atoms with van der Waals surface area (Å²) in [6.45, 7) is 11.4. The van der Waals surface area contributed by atoms with Crippen LogP contribution < -0.4 is 5.32 Å². The molecule has 1 aromatic heterocycles. The van der Waals surface area contributed by atoms with Crippen LogP contribution in [-0.2, 0) is 10.8 Å². The molecule has 3 aliphatic rings. The van der Waals surface area contributed by atoms with E-state index in [1.54, 1.807) is 5.56 Å². The van der Waals surface area contributed by atoms with Gasteiger partial charge in [-0.2, -0.15) is 0 Å². The predicted octanol–water partition coefficient (Wildman–Crippen LogP) is 7.20. The van der Waals surface area contributed by atoms with Crippen molar-refractivity contribution in [3.05, 3.63) is 58.3 Å². The number of rotatable bonds is 2. The van der Waals surface area contributed by atoms with E-state index in [1.807, 2.05) is 6.26 Å². The van der Waals surface area contributed by atoms with E-state index in [1.165, 1.54) is 59.0 Å². The molecule has 0 spiro atoms. The van der Waals surface area contributed by atoms with E-state index in [9.17, 15) is 0 Å². The average Bonchev–Trinajstić information content (AvgIpc) is 3.01. The van der Waals surface area contributed by atoms with Gasteiger partial charge in [0.05, 0.1) is 5.69 Å². The Morgan fingerprint density at radius 1 is 0.815 bits per heavy atom. The molecule has 0 amide bonds. The fourth-order valence-corrected chi connectivity index (χ4v) is 5.57. The second-order valence-corrected chi connectivity index (χ2v) is 9.56. The van der Waals surface area contributed by atoms with Gasteiger partial charge < -0.3 is 9.73 Å². The smallest absolute Gasteiger partial charge is 0.136 e. The fraction of sp³-hybridized carbons (Fsp3) is 0.440. The highest BCUT2D eigenvalue weighted by Gasteiger charge is 2.47. The second-order valence-electron chi connectivity index (χ2n) is 9.56. The Kier molecular flexibility index (Phi) is 3.39. The summed E-state index contributed by atoms with van der Waals surface area (Å²) in [6.07, 6.45) is 7.10. The maximum atomic E-state index is 6.01. The zero-order valence-corrected chi connectivity index (χ0v) is 17.1. The van der Waals surface area contributed by atoms with Gasteiger partial charge in [0.1, 0.15) is 11.8 Å². The van der Waals surface area contributed by atoms with E-state index < -0.39 is 0 Å². The average molecular weight is 360 g/mol. The minimum atomic E-state index is 0.325. The number of fused-ring (bicyclic) bond motifs is 3. The Balaban J connectivity index is 1.65. The van der Waals surface area contributed by atoms with E-state index in [2.05, 4.69) is 64.2 Å². The molecule has 0 radical (unpaired) electrons. The zero-order valence-electron chi connectivity index (χ0n) is 17.1. The fourth-order valence-electron chi connectivity index (χ4n) is 5.57. The molecular weight excluding hydrogens is 330 g/mol. The Morgan fingerprint density at radius 2 is 1.37 bits per heavy atom. The highest BCUT2D eigenvalue weighted by molar-refractivity contribution is 5.94. The number of furan rings is 1. The summed E-state index contributed by atoms with van der Waals surface area (Å²) in [7, 11) is 0. The monoisotopic (exact) mass is 359 g/mol. The lowest BCUT2D eigenvalue weighted by molar-refractivity contribution is 0.188. The maximum absolute atomic E-state index is 6.01. The molecule has 0 saturated heterocycles. The molecule has 1 heterocycles. The summed E-state index contributed by atoms with van der Waals surface area (Å²) in [5.74, 6) is 0. The van der Waals surface area contributed by atoms with Gasteiger partial charge in [-0.1, -0.05) is 31.5 Å². The SMILES string of the molecule is Cc1cc(C)c(Nc2coc3cc4c(cc23)C2(C)CCC4(C)CC2)c(C)c1. The van der Waals surface area contributed by atoms with Gasteiger partial charge in [0.25, 0.3) is 0 Å². The highest BCUT2D eigenvalue weighted by atomic mass is 16.3. The molecule has 3 aromatic rings. The van der Waals surface area contributed by atoms with Crippen LogP contribution in [0.25, 0.3) is 11.0 Å². The second kappa shape index (κ2) is 5.41. The molecule has 2 aromatic carbocycles. The van der Waals surface area contributed by atoms with Gasteiger partial charge in [-0.15, -0.1) is 0 Å². The number of aryl methyl sites for hydroxylation is 3. The van der Waals surface area contributed by atoms with Crippen molar-refractivity contribution in [1.82, 2.24) is 0 Å². The van der Waals surface area contributed by atoms with Gasteiger partial charge in [0, 0.05) is 11.1 Å². The van der Waals surface area contributed by atoms with Crippen LogP contribution in [0.4, 0.5) is 11.4 Å². The van der Waals surface area contributed by atoms with Crippen LogP contribution in [0.2, 0.25) is 0 Å². The lowest BCUT2D eigenvalue weighted by Crippen LogP contribution is -2.44. The van der Waals surface area contributed by atoms with Crippen molar-refractivity contribution in [2.75, 3.05) is 5.32 Å². The molecule has 0 atom stereocenters. The standard InChI is InChI=1S/C25H29NO/c1-15-10-16(2)23(17(3)11-15)26-21-14-27-22-13-20-19(12-18(21)22)24(4)6-8-25(20,5)9-7-24/h10-14,26H,6-9H2,1-5H3. The zero-order chi connectivity index (χ0) is 19.0. The molecule has 0 unspecified atom stereocenters. The lowest BCUT2D eigenvalue weighted by Gasteiger charge is -2.52. The van der Waals surface area contributed by atoms with Gasteiger partial charge >= 0.3 is 0 Å². The molecule has 1 saturated carbocycles. The molecule has 3 aliphatic carbocycles. The minimum absolute atomic E-state index is 0.325. The third kappa shape index (κ3) is 2.38. The Hall–Kier alpha value is -2.22. The lowest BCUT2D eigenvalue weighted by atomic mass is 9.52. The Bertz CT molecular complexity index is 1040. The molecule has 27 heavy (non-hydrogen) atoms. The first-order valence-corrected chi connectivity index (χ1v) is 10.2. The van der Waals surface area contributed by atoms with Crippen LogP contribution in [-0.4, -0.2) is 0 Å². The normalized spacial score (nSPS) is 26.4. The maximum Gasteiger partial charge on any atom is 0.136 e. The predicted molar refractivity (Wildman–Crippen MR) is 113 cm³/mol. The molecular formula is C25H29NO. The summed E-state index contributed by atoms with van der Waals surface area (Å²) in [4.78, 5) is 0. The first-order valence-electron chi connectivity index (χ1n) is 10.2. The molecule has 2 heteroatoms. The van der Waals surface area contributed by atoms with E-state index in [4.69, 9.17) is 4.42 Å². The first-order chi connectivity index (χ1) is 12.8. The topological polar surface area (TPSA) is 25.2 Å². The Labute approximate surface area is 162 Å². The van der Waals surface area contributed by atoms with E-state index in [-0.39, 0.29) is 0 Å². The third-order valence-electron chi connectivity index (χ3n) is 7.41. The van der Waals surface area contributed by atoms with Gasteiger partial charge in [0.15, 0.2) is 0 Å². The quantitative estimate of drug-likeness (QED) is 0.523. The molecule has 0 aliphatic heterocycles. The number of nitrogens with one attached hydrogen (secondary N) is 1. The van der Waals surface area contributed by atoms with Crippen molar-refractivity contribution in [3.63, 3.8) is 0 Å². The number of hydrogen-bond donors (Lipinski definition) is 1. The van der Waals surface area contributed by atoms with Gasteiger partial charge in [-0.25, -0.2) is 0 Å². The van der Waals surface area contributed by atoms with E-state index >= 15 is 0 Å². The first kappa shape index (κ1) is 16.9. The third-order valence-corrected chi connectivity index (χ3v) is 7.41. The van der Waals surface area contributed by atoms with Crippen LogP contribution in [0, 0.1) is 20.8 Å². The van der Waals surface area contributed by atoms with Crippen molar-refractivity contribution in [3.8, 4) is 0 Å². The van der Waals surface area contributed by atoms with Gasteiger partial charge in [-0.05, 0) is 91.7 Å². The summed E-state index contributed by atoms with van der Waals surface area (Å²) < 4.78 is 6.01.